The van der Waals surface area contributed by atoms with E-state index >= 15 is 0 Å². The van der Waals surface area contributed by atoms with Gasteiger partial charge >= 0.3 is 5.76 Å². The van der Waals surface area contributed by atoms with E-state index in [9.17, 15) is 9.59 Å². The summed E-state index contributed by atoms with van der Waals surface area (Å²) in [5.74, 6) is 0.363. The van der Waals surface area contributed by atoms with Crippen LogP contribution in [0.5, 0.6) is 11.5 Å². The third kappa shape index (κ3) is 2.40. The first-order valence-electron chi connectivity index (χ1n) is 7.76. The predicted molar refractivity (Wildman–Crippen MR) is 94.8 cm³/mol. The van der Waals surface area contributed by atoms with Gasteiger partial charge in [-0.15, -0.1) is 0 Å². The number of hydrogen-bond acceptors (Lipinski definition) is 7. The van der Waals surface area contributed by atoms with Crippen molar-refractivity contribution < 1.29 is 18.7 Å². The molecule has 0 saturated carbocycles. The normalized spacial score (nSPS) is 12.8. The van der Waals surface area contributed by atoms with E-state index < -0.39 is 5.76 Å². The zero-order chi connectivity index (χ0) is 17.7. The van der Waals surface area contributed by atoms with Crippen molar-refractivity contribution in [3.05, 3.63) is 46.9 Å². The van der Waals surface area contributed by atoms with E-state index in [1.54, 1.807) is 30.3 Å². The van der Waals surface area contributed by atoms with Crippen LogP contribution in [0, 0.1) is 0 Å². The monoisotopic (exact) mass is 369 g/mol. The molecule has 4 aromatic rings. The summed E-state index contributed by atoms with van der Waals surface area (Å²) < 4.78 is 18.0. The van der Waals surface area contributed by atoms with E-state index in [4.69, 9.17) is 13.9 Å². The maximum absolute atomic E-state index is 12.4. The quantitative estimate of drug-likeness (QED) is 0.596. The molecule has 0 bridgehead atoms. The van der Waals surface area contributed by atoms with Gasteiger partial charge in [0.05, 0.1) is 15.7 Å². The Morgan fingerprint density at radius 3 is 2.92 bits per heavy atom. The number of para-hydroxylation sites is 2. The van der Waals surface area contributed by atoms with E-state index in [0.29, 0.717) is 33.2 Å². The minimum Gasteiger partial charge on any atom is -0.454 e. The lowest BCUT2D eigenvalue weighted by atomic mass is 10.3. The molecule has 1 aliphatic heterocycles. The van der Waals surface area contributed by atoms with E-state index in [0.717, 1.165) is 4.70 Å². The number of amides is 1. The van der Waals surface area contributed by atoms with Gasteiger partial charge in [0.2, 0.25) is 12.7 Å². The van der Waals surface area contributed by atoms with Crippen LogP contribution in [0.3, 0.4) is 0 Å². The average molecular weight is 369 g/mol. The van der Waals surface area contributed by atoms with Crippen LogP contribution in [-0.4, -0.2) is 22.3 Å². The number of hydrogen-bond donors (Lipinski definition) is 1. The molecule has 2 aromatic heterocycles. The smallest absolute Gasteiger partial charge is 0.420 e. The maximum atomic E-state index is 12.4. The first-order valence-corrected chi connectivity index (χ1v) is 8.57. The van der Waals surface area contributed by atoms with Crippen LogP contribution in [0.1, 0.15) is 0 Å². The van der Waals surface area contributed by atoms with Crippen molar-refractivity contribution in [2.75, 3.05) is 12.1 Å². The lowest BCUT2D eigenvalue weighted by molar-refractivity contribution is -0.116. The first-order chi connectivity index (χ1) is 12.7. The summed E-state index contributed by atoms with van der Waals surface area (Å²) in [5.41, 5.74) is 1.72. The van der Waals surface area contributed by atoms with Gasteiger partial charge < -0.3 is 19.2 Å². The van der Waals surface area contributed by atoms with Crippen LogP contribution in [0.25, 0.3) is 21.3 Å². The number of aromatic nitrogens is 2. The number of nitrogens with one attached hydrogen (secondary N) is 1. The summed E-state index contributed by atoms with van der Waals surface area (Å²) in [5, 5.41) is 3.16. The third-order valence-electron chi connectivity index (χ3n) is 4.00. The van der Waals surface area contributed by atoms with Gasteiger partial charge in [0.1, 0.15) is 6.54 Å². The van der Waals surface area contributed by atoms with Crippen LogP contribution < -0.4 is 20.5 Å². The van der Waals surface area contributed by atoms with Crippen LogP contribution in [0.4, 0.5) is 5.13 Å². The molecule has 0 fully saturated rings. The van der Waals surface area contributed by atoms with Gasteiger partial charge in [-0.2, -0.15) is 0 Å². The molecule has 1 amide bonds. The first kappa shape index (κ1) is 15.0. The zero-order valence-electron chi connectivity index (χ0n) is 13.2. The van der Waals surface area contributed by atoms with Crippen LogP contribution in [0.15, 0.2) is 45.6 Å². The number of rotatable bonds is 3. The van der Waals surface area contributed by atoms with Crippen molar-refractivity contribution in [2.24, 2.45) is 0 Å². The number of nitrogens with zero attached hydrogens (tertiary/aromatic N) is 2. The molecular formula is C17H11N3O5S. The Kier molecular flexibility index (Phi) is 3.22. The number of thiazole rings is 1. The standard InChI is InChI=1S/C17H11N3O5S/c21-15(7-20-10-3-1-2-4-11(10)25-17(20)22)19-16-18-9-5-12-13(24-8-23-12)6-14(9)26-16/h1-6H,7-8H2,(H,18,19,21). The highest BCUT2D eigenvalue weighted by Crippen LogP contribution is 2.38. The minimum atomic E-state index is -0.573. The Labute approximate surface area is 149 Å². The van der Waals surface area contributed by atoms with Crippen molar-refractivity contribution >= 4 is 43.7 Å². The SMILES string of the molecule is O=C(Cn1c(=O)oc2ccccc21)Nc1nc2cc3c(cc2s1)OCO3. The summed E-state index contributed by atoms with van der Waals surface area (Å²) in [7, 11) is 0. The number of carbonyl (C=O) groups is 1. The number of anilines is 1. The number of oxazole rings is 1. The largest absolute Gasteiger partial charge is 0.454 e. The van der Waals surface area contributed by atoms with E-state index in [-0.39, 0.29) is 19.2 Å². The Morgan fingerprint density at radius 2 is 2.04 bits per heavy atom. The number of benzene rings is 2. The van der Waals surface area contributed by atoms with Gasteiger partial charge in [-0.25, -0.2) is 9.78 Å². The topological polar surface area (TPSA) is 95.6 Å². The second-order valence-corrected chi connectivity index (χ2v) is 6.69. The molecule has 5 rings (SSSR count). The summed E-state index contributed by atoms with van der Waals surface area (Å²) in [6, 6.07) is 10.6. The van der Waals surface area contributed by atoms with E-state index in [1.165, 1.54) is 15.9 Å². The summed E-state index contributed by atoms with van der Waals surface area (Å²) >= 11 is 1.32. The fourth-order valence-electron chi connectivity index (χ4n) is 2.84. The Morgan fingerprint density at radius 1 is 1.23 bits per heavy atom. The molecular weight excluding hydrogens is 358 g/mol. The molecule has 8 nitrogen and oxygen atoms in total. The maximum Gasteiger partial charge on any atom is 0.420 e. The van der Waals surface area contributed by atoms with Crippen molar-refractivity contribution in [2.45, 2.75) is 6.54 Å². The van der Waals surface area contributed by atoms with Gasteiger partial charge in [0, 0.05) is 12.1 Å². The van der Waals surface area contributed by atoms with Crippen LogP contribution in [0.2, 0.25) is 0 Å². The number of ether oxygens (including phenoxy) is 2. The second-order valence-electron chi connectivity index (χ2n) is 5.66. The van der Waals surface area contributed by atoms with Gasteiger partial charge in [-0.05, 0) is 12.1 Å². The Bertz CT molecular complexity index is 1180. The minimum absolute atomic E-state index is 0.158. The molecule has 9 heteroatoms. The molecule has 0 atom stereocenters. The van der Waals surface area contributed by atoms with Crippen LogP contribution >= 0.6 is 11.3 Å². The summed E-state index contributed by atoms with van der Waals surface area (Å²) in [6.07, 6.45) is 0. The predicted octanol–water partition coefficient (Wildman–Crippen LogP) is 2.57. The highest BCUT2D eigenvalue weighted by atomic mass is 32.1. The van der Waals surface area contributed by atoms with Crippen molar-refractivity contribution in [3.63, 3.8) is 0 Å². The van der Waals surface area contributed by atoms with Gasteiger partial charge in [-0.1, -0.05) is 23.5 Å². The van der Waals surface area contributed by atoms with Crippen molar-refractivity contribution in [1.82, 2.24) is 9.55 Å². The lowest BCUT2D eigenvalue weighted by Crippen LogP contribution is -2.24. The highest BCUT2D eigenvalue weighted by molar-refractivity contribution is 7.22. The Hall–Kier alpha value is -3.33. The molecule has 2 aromatic carbocycles. The van der Waals surface area contributed by atoms with Gasteiger partial charge in [-0.3, -0.25) is 9.36 Å². The van der Waals surface area contributed by atoms with Crippen LogP contribution in [-0.2, 0) is 11.3 Å². The molecule has 0 aliphatic carbocycles. The van der Waals surface area contributed by atoms with E-state index in [1.807, 2.05) is 6.07 Å². The molecule has 0 radical (unpaired) electrons. The molecule has 1 N–H and O–H groups in total. The summed E-state index contributed by atoms with van der Waals surface area (Å²) in [4.78, 5) is 28.7. The van der Waals surface area contributed by atoms with Gasteiger partial charge in [0.25, 0.3) is 0 Å². The average Bonchev–Trinajstić information content (AvgIpc) is 3.30. The Balaban J connectivity index is 1.41. The van der Waals surface area contributed by atoms with Gasteiger partial charge in [0.15, 0.2) is 22.2 Å². The lowest BCUT2D eigenvalue weighted by Gasteiger charge is -2.02. The molecule has 0 spiro atoms. The summed E-state index contributed by atoms with van der Waals surface area (Å²) in [6.45, 7) is 0.0398. The fraction of sp³-hybridized carbons (Fsp3) is 0.118. The second kappa shape index (κ2) is 5.60. The number of carbonyl (C=O) groups excluding carboxylic acids is 1. The fourth-order valence-corrected chi connectivity index (χ4v) is 3.73. The molecule has 3 heterocycles. The molecule has 1 aliphatic rings. The number of fused-ring (bicyclic) bond motifs is 3. The third-order valence-corrected chi connectivity index (χ3v) is 4.94. The van der Waals surface area contributed by atoms with Crippen molar-refractivity contribution in [1.29, 1.82) is 0 Å². The van der Waals surface area contributed by atoms with Crippen molar-refractivity contribution in [3.8, 4) is 11.5 Å². The molecule has 0 unspecified atom stereocenters. The zero-order valence-corrected chi connectivity index (χ0v) is 14.0. The molecule has 26 heavy (non-hydrogen) atoms. The highest BCUT2D eigenvalue weighted by Gasteiger charge is 2.18. The molecule has 0 saturated heterocycles. The molecule has 130 valence electrons. The van der Waals surface area contributed by atoms with E-state index in [2.05, 4.69) is 10.3 Å².